The molecule has 2 rings (SSSR count). The Morgan fingerprint density at radius 2 is 1.62 bits per heavy atom. The third kappa shape index (κ3) is 7.87. The lowest BCUT2D eigenvalue weighted by atomic mass is 10.0. The molecule has 0 radical (unpaired) electrons. The monoisotopic (exact) mass is 415 g/mol. The maximum Gasteiger partial charge on any atom is 0.225 e. The summed E-state index contributed by atoms with van der Waals surface area (Å²) in [7, 11) is 3.97. The lowest BCUT2D eigenvalue weighted by Gasteiger charge is -2.27. The summed E-state index contributed by atoms with van der Waals surface area (Å²) < 4.78 is 0. The Morgan fingerprint density at radius 3 is 2.17 bits per heavy atom. The van der Waals surface area contributed by atoms with Crippen molar-refractivity contribution in [3.05, 3.63) is 70.2 Å². The van der Waals surface area contributed by atoms with E-state index in [9.17, 15) is 9.59 Å². The van der Waals surface area contributed by atoms with E-state index < -0.39 is 0 Å². The van der Waals surface area contributed by atoms with Crippen LogP contribution < -0.4 is 5.32 Å². The van der Waals surface area contributed by atoms with Crippen LogP contribution in [0, 0.1) is 6.92 Å². The van der Waals surface area contributed by atoms with Crippen molar-refractivity contribution < 1.29 is 9.59 Å². The number of nitrogens with zero attached hydrogens (tertiary/aromatic N) is 2. The number of likely N-dealkylation sites (N-methyl/N-ethyl adjacent to an activating group) is 1. The summed E-state index contributed by atoms with van der Waals surface area (Å²) in [5.74, 6) is -0.151. The summed E-state index contributed by atoms with van der Waals surface area (Å²) in [6, 6.07) is 15.1. The summed E-state index contributed by atoms with van der Waals surface area (Å²) in [5.41, 5.74) is 3.09. The van der Waals surface area contributed by atoms with Gasteiger partial charge in [0.2, 0.25) is 11.8 Å². The van der Waals surface area contributed by atoms with Crippen molar-refractivity contribution in [2.75, 3.05) is 27.2 Å². The summed E-state index contributed by atoms with van der Waals surface area (Å²) in [6.45, 7) is 5.36. The molecule has 0 saturated carbocycles. The fourth-order valence-electron chi connectivity index (χ4n) is 3.02. The first-order valence-electron chi connectivity index (χ1n) is 9.75. The maximum atomic E-state index is 13.2. The summed E-state index contributed by atoms with van der Waals surface area (Å²) in [5, 5.41) is 3.59. The summed E-state index contributed by atoms with van der Waals surface area (Å²) >= 11 is 5.98. The molecular formula is C23H30ClN3O2. The van der Waals surface area contributed by atoms with Crippen LogP contribution in [0.15, 0.2) is 48.5 Å². The first kappa shape index (κ1) is 22.9. The third-order valence-electron chi connectivity index (χ3n) is 4.69. The van der Waals surface area contributed by atoms with E-state index in [1.54, 1.807) is 0 Å². The molecule has 1 unspecified atom stereocenters. The number of nitrogens with one attached hydrogen (secondary N) is 1. The lowest BCUT2D eigenvalue weighted by Crippen LogP contribution is -2.39. The topological polar surface area (TPSA) is 52.7 Å². The molecular weight excluding hydrogens is 386 g/mol. The van der Waals surface area contributed by atoms with E-state index in [0.717, 1.165) is 23.2 Å². The van der Waals surface area contributed by atoms with Crippen LogP contribution >= 0.6 is 11.6 Å². The molecule has 2 aromatic rings. The molecule has 0 heterocycles. The van der Waals surface area contributed by atoms with Gasteiger partial charge < -0.3 is 15.1 Å². The molecule has 1 N–H and O–H groups in total. The number of hydrogen-bond donors (Lipinski definition) is 1. The highest BCUT2D eigenvalue weighted by atomic mass is 35.5. The Balaban J connectivity index is 2.18. The fraction of sp³-hybridized carbons (Fsp3) is 0.391. The molecule has 0 spiro atoms. The van der Waals surface area contributed by atoms with Crippen LogP contribution in [0.4, 0.5) is 0 Å². The number of rotatable bonds is 9. The average molecular weight is 416 g/mol. The van der Waals surface area contributed by atoms with Gasteiger partial charge in [0.25, 0.3) is 0 Å². The molecule has 1 atom stereocenters. The second-order valence-corrected chi connectivity index (χ2v) is 8.05. The van der Waals surface area contributed by atoms with Crippen LogP contribution in [0.25, 0.3) is 0 Å². The Morgan fingerprint density at radius 1 is 1.00 bits per heavy atom. The van der Waals surface area contributed by atoms with Gasteiger partial charge in [0.15, 0.2) is 0 Å². The van der Waals surface area contributed by atoms with Gasteiger partial charge in [-0.2, -0.15) is 0 Å². The molecule has 0 fully saturated rings. The minimum atomic E-state index is -0.354. The highest BCUT2D eigenvalue weighted by Gasteiger charge is 2.22. The molecule has 5 nitrogen and oxygen atoms in total. The van der Waals surface area contributed by atoms with Crippen molar-refractivity contribution in [3.8, 4) is 0 Å². The molecule has 0 saturated heterocycles. The van der Waals surface area contributed by atoms with Crippen molar-refractivity contribution in [2.45, 2.75) is 32.9 Å². The molecule has 0 aliphatic rings. The second kappa shape index (κ2) is 11.0. The number of hydrogen-bond acceptors (Lipinski definition) is 3. The van der Waals surface area contributed by atoms with Gasteiger partial charge in [-0.05, 0) is 44.3 Å². The second-order valence-electron chi connectivity index (χ2n) is 7.61. The standard InChI is InChI=1S/C23H30ClN3O2/c1-17-5-9-20(10-6-17)22(25-18(2)28)15-23(29)27(14-13-26(3)4)16-19-7-11-21(24)12-8-19/h5-12,22H,13-16H2,1-4H3,(H,25,28). The van der Waals surface area contributed by atoms with Gasteiger partial charge in [-0.3, -0.25) is 9.59 Å². The van der Waals surface area contributed by atoms with Crippen LogP contribution in [-0.4, -0.2) is 48.8 Å². The average Bonchev–Trinajstić information content (AvgIpc) is 2.66. The quantitative estimate of drug-likeness (QED) is 0.677. The SMILES string of the molecule is CC(=O)NC(CC(=O)N(CCN(C)C)Cc1ccc(Cl)cc1)c1ccc(C)cc1. The van der Waals surface area contributed by atoms with E-state index in [-0.39, 0.29) is 24.3 Å². The fourth-order valence-corrected chi connectivity index (χ4v) is 3.15. The maximum absolute atomic E-state index is 13.2. The minimum Gasteiger partial charge on any atom is -0.349 e. The van der Waals surface area contributed by atoms with Crippen molar-refractivity contribution in [1.82, 2.24) is 15.1 Å². The van der Waals surface area contributed by atoms with Gasteiger partial charge >= 0.3 is 0 Å². The summed E-state index contributed by atoms with van der Waals surface area (Å²) in [4.78, 5) is 28.8. The van der Waals surface area contributed by atoms with Gasteiger partial charge in [0, 0.05) is 31.6 Å². The number of halogens is 1. The predicted octanol–water partition coefficient (Wildman–Crippen LogP) is 3.81. The van der Waals surface area contributed by atoms with E-state index in [1.165, 1.54) is 6.92 Å². The van der Waals surface area contributed by atoms with Crippen LogP contribution in [0.1, 0.15) is 36.1 Å². The van der Waals surface area contributed by atoms with Crippen LogP contribution in [-0.2, 0) is 16.1 Å². The zero-order chi connectivity index (χ0) is 21.4. The van der Waals surface area contributed by atoms with E-state index in [0.29, 0.717) is 18.1 Å². The molecule has 6 heteroatoms. The molecule has 0 aliphatic heterocycles. The zero-order valence-electron chi connectivity index (χ0n) is 17.6. The molecule has 0 bridgehead atoms. The summed E-state index contributed by atoms with van der Waals surface area (Å²) in [6.07, 6.45) is 0.212. The Labute approximate surface area is 178 Å². The molecule has 156 valence electrons. The van der Waals surface area contributed by atoms with Gasteiger partial charge in [-0.15, -0.1) is 0 Å². The van der Waals surface area contributed by atoms with Gasteiger partial charge in [0.1, 0.15) is 0 Å². The molecule has 0 aliphatic carbocycles. The largest absolute Gasteiger partial charge is 0.349 e. The molecule has 2 aromatic carbocycles. The van der Waals surface area contributed by atoms with E-state index in [4.69, 9.17) is 11.6 Å². The molecule has 0 aromatic heterocycles. The van der Waals surface area contributed by atoms with Crippen molar-refractivity contribution >= 4 is 23.4 Å². The van der Waals surface area contributed by atoms with Crippen LogP contribution in [0.5, 0.6) is 0 Å². The van der Waals surface area contributed by atoms with Crippen LogP contribution in [0.3, 0.4) is 0 Å². The number of carbonyl (C=O) groups is 2. The van der Waals surface area contributed by atoms with Gasteiger partial charge in [-0.25, -0.2) is 0 Å². The van der Waals surface area contributed by atoms with Crippen molar-refractivity contribution in [2.24, 2.45) is 0 Å². The van der Waals surface area contributed by atoms with Gasteiger partial charge in [0.05, 0.1) is 12.5 Å². The zero-order valence-corrected chi connectivity index (χ0v) is 18.4. The van der Waals surface area contributed by atoms with Crippen molar-refractivity contribution in [3.63, 3.8) is 0 Å². The number of benzene rings is 2. The lowest BCUT2D eigenvalue weighted by molar-refractivity contribution is -0.132. The third-order valence-corrected chi connectivity index (χ3v) is 4.94. The highest BCUT2D eigenvalue weighted by molar-refractivity contribution is 6.30. The van der Waals surface area contributed by atoms with E-state index >= 15 is 0 Å². The number of amides is 2. The van der Waals surface area contributed by atoms with Crippen molar-refractivity contribution in [1.29, 1.82) is 0 Å². The number of aryl methyl sites for hydroxylation is 1. The first-order valence-corrected chi connectivity index (χ1v) is 10.1. The van der Waals surface area contributed by atoms with Gasteiger partial charge in [-0.1, -0.05) is 53.6 Å². The first-order chi connectivity index (χ1) is 13.7. The normalized spacial score (nSPS) is 11.9. The van der Waals surface area contributed by atoms with E-state index in [1.807, 2.05) is 79.3 Å². The Bertz CT molecular complexity index is 804. The van der Waals surface area contributed by atoms with E-state index in [2.05, 4.69) is 5.32 Å². The highest BCUT2D eigenvalue weighted by Crippen LogP contribution is 2.20. The smallest absolute Gasteiger partial charge is 0.225 e. The number of carbonyl (C=O) groups excluding carboxylic acids is 2. The molecule has 29 heavy (non-hydrogen) atoms. The Hall–Kier alpha value is -2.37. The minimum absolute atomic E-state index is 0.00104. The Kier molecular flexibility index (Phi) is 8.68. The predicted molar refractivity (Wildman–Crippen MR) is 118 cm³/mol. The molecule has 2 amide bonds. The van der Waals surface area contributed by atoms with Crippen LogP contribution in [0.2, 0.25) is 5.02 Å².